The first-order chi connectivity index (χ1) is 14.7. The van der Waals surface area contributed by atoms with Crippen LogP contribution >= 0.6 is 0 Å². The second-order valence-corrected chi connectivity index (χ2v) is 7.78. The summed E-state index contributed by atoms with van der Waals surface area (Å²) in [5.74, 6) is 0.843. The molecule has 0 bridgehead atoms. The maximum Gasteiger partial charge on any atom is 0.292 e. The van der Waals surface area contributed by atoms with Gasteiger partial charge in [0.2, 0.25) is 5.43 Å². The van der Waals surface area contributed by atoms with Crippen LogP contribution in [0.1, 0.15) is 18.1 Å². The van der Waals surface area contributed by atoms with Gasteiger partial charge in [0.05, 0.1) is 24.2 Å². The molecule has 0 unspecified atom stereocenters. The molecule has 7 heteroatoms. The Morgan fingerprint density at radius 1 is 1.23 bits per heavy atom. The smallest absolute Gasteiger partial charge is 0.292 e. The number of aryl methyl sites for hydroxylation is 1. The summed E-state index contributed by atoms with van der Waals surface area (Å²) in [5, 5.41) is 11.4. The average Bonchev–Trinajstić information content (AvgIpc) is 3.20. The van der Waals surface area contributed by atoms with E-state index in [1.54, 1.807) is 6.07 Å². The third-order valence-electron chi connectivity index (χ3n) is 5.93. The fourth-order valence-electron chi connectivity index (χ4n) is 4.22. The maximum absolute atomic E-state index is 13.4. The van der Waals surface area contributed by atoms with E-state index in [2.05, 4.69) is 9.97 Å². The van der Waals surface area contributed by atoms with Crippen LogP contribution in [0.3, 0.4) is 0 Å². The van der Waals surface area contributed by atoms with E-state index in [1.807, 2.05) is 31.2 Å². The van der Waals surface area contributed by atoms with Crippen molar-refractivity contribution in [3.63, 3.8) is 0 Å². The highest BCUT2D eigenvalue weighted by atomic mass is 16.5. The summed E-state index contributed by atoms with van der Waals surface area (Å²) in [6, 6.07) is 9.55. The van der Waals surface area contributed by atoms with E-state index in [1.165, 1.54) is 11.2 Å². The first-order valence-corrected chi connectivity index (χ1v) is 10.4. The molecule has 5 rings (SSSR count). The van der Waals surface area contributed by atoms with Crippen LogP contribution < -0.4 is 15.3 Å². The highest BCUT2D eigenvalue weighted by Crippen LogP contribution is 2.31. The van der Waals surface area contributed by atoms with Gasteiger partial charge in [0.1, 0.15) is 42.8 Å². The predicted molar refractivity (Wildman–Crippen MR) is 113 cm³/mol. The third-order valence-corrected chi connectivity index (χ3v) is 5.93. The van der Waals surface area contributed by atoms with Crippen LogP contribution in [-0.2, 0) is 17.7 Å². The van der Waals surface area contributed by atoms with Crippen molar-refractivity contribution in [3.8, 4) is 17.1 Å². The number of morpholine rings is 1. The second-order valence-electron chi connectivity index (χ2n) is 7.78. The Bertz CT molecular complexity index is 1250. The van der Waals surface area contributed by atoms with Gasteiger partial charge in [-0.25, -0.2) is 9.97 Å². The molecule has 0 aliphatic carbocycles. The van der Waals surface area contributed by atoms with Crippen molar-refractivity contribution >= 4 is 22.0 Å². The molecule has 7 nitrogen and oxygen atoms in total. The van der Waals surface area contributed by atoms with Gasteiger partial charge >= 0.3 is 0 Å². The molecule has 0 spiro atoms. The Balaban J connectivity index is 1.67. The Morgan fingerprint density at radius 3 is 2.80 bits per heavy atom. The topological polar surface area (TPSA) is 94.0 Å². The van der Waals surface area contributed by atoms with Crippen LogP contribution in [0.25, 0.3) is 33.4 Å². The summed E-state index contributed by atoms with van der Waals surface area (Å²) < 4.78 is 11.4. The molecular weight excluding hydrogens is 382 g/mol. The Hall–Kier alpha value is -3.16. The highest BCUT2D eigenvalue weighted by molar-refractivity contribution is 5.86. The highest BCUT2D eigenvalue weighted by Gasteiger charge is 2.25. The quantitative estimate of drug-likeness (QED) is 0.477. The summed E-state index contributed by atoms with van der Waals surface area (Å²) in [7, 11) is 0. The predicted octanol–water partition coefficient (Wildman–Crippen LogP) is 1.44. The Morgan fingerprint density at radius 2 is 2.03 bits per heavy atom. The molecule has 1 aliphatic heterocycles. The number of aromatic hydroxyl groups is 1. The number of imidazole rings is 1. The minimum Gasteiger partial charge on any atom is -0.507 e. The van der Waals surface area contributed by atoms with Gasteiger partial charge in [-0.2, -0.15) is 0 Å². The van der Waals surface area contributed by atoms with E-state index >= 15 is 0 Å². The number of H-pyrrole nitrogens is 2. The number of fused-ring (bicyclic) bond motifs is 2. The second kappa shape index (κ2) is 7.59. The summed E-state index contributed by atoms with van der Waals surface area (Å²) >= 11 is 0. The first kappa shape index (κ1) is 18.8. The number of rotatable bonds is 4. The summed E-state index contributed by atoms with van der Waals surface area (Å²) in [5.41, 5.74) is 4.09. The van der Waals surface area contributed by atoms with E-state index in [0.717, 1.165) is 29.7 Å². The number of hydrogen-bond donors (Lipinski definition) is 3. The third kappa shape index (κ3) is 3.16. The lowest BCUT2D eigenvalue weighted by atomic mass is 10.0. The fraction of sp³-hybridized carbons (Fsp3) is 0.304. The molecule has 1 saturated heterocycles. The molecular formula is C23H25N3O4+2. The van der Waals surface area contributed by atoms with Crippen LogP contribution in [0.5, 0.6) is 5.75 Å². The molecule has 1 fully saturated rings. The van der Waals surface area contributed by atoms with E-state index in [4.69, 9.17) is 9.15 Å². The molecule has 4 aromatic rings. The molecule has 0 radical (unpaired) electrons. The van der Waals surface area contributed by atoms with Crippen molar-refractivity contribution in [3.05, 3.63) is 57.9 Å². The van der Waals surface area contributed by atoms with Crippen LogP contribution in [-0.4, -0.2) is 36.4 Å². The molecule has 4 N–H and O–H groups in total. The van der Waals surface area contributed by atoms with Crippen molar-refractivity contribution in [2.45, 2.75) is 19.9 Å². The molecule has 0 saturated carbocycles. The van der Waals surface area contributed by atoms with Crippen LogP contribution in [0, 0.1) is 0 Å². The molecule has 0 amide bonds. The van der Waals surface area contributed by atoms with Gasteiger partial charge in [0, 0.05) is 0 Å². The molecule has 3 heterocycles. The average molecular weight is 407 g/mol. The zero-order chi connectivity index (χ0) is 20.7. The van der Waals surface area contributed by atoms with Crippen LogP contribution in [0.15, 0.2) is 45.8 Å². The number of benzene rings is 2. The van der Waals surface area contributed by atoms with Crippen LogP contribution in [0.4, 0.5) is 0 Å². The van der Waals surface area contributed by atoms with E-state index < -0.39 is 0 Å². The van der Waals surface area contributed by atoms with Gasteiger partial charge in [-0.05, 0) is 30.2 Å². The standard InChI is InChI=1S/C23H23N3O4/c1-2-14-11-15-21(28)17(23-24-18-5-3-4-6-19(18)25-23)13-30-22(15)16(20(14)27)12-26-7-9-29-10-8-26/h3-6,11,13,27H,2,7-10,12H2,1H3,(H,24,25)/p+2. The monoisotopic (exact) mass is 407 g/mol. The van der Waals surface area contributed by atoms with Gasteiger partial charge in [0.15, 0.2) is 11.0 Å². The Kier molecular flexibility index (Phi) is 4.77. The maximum atomic E-state index is 13.4. The van der Waals surface area contributed by atoms with Gasteiger partial charge in [0.25, 0.3) is 5.82 Å². The SMILES string of the molecule is CCc1cc2c(=O)c(-c3[nH]c4ccccc4[nH+]3)coc2c(C[NH+]2CCOCC2)c1O. The minimum atomic E-state index is -0.119. The largest absolute Gasteiger partial charge is 0.507 e. The van der Waals surface area contributed by atoms with Crippen molar-refractivity contribution in [2.24, 2.45) is 0 Å². The zero-order valence-corrected chi connectivity index (χ0v) is 16.9. The summed E-state index contributed by atoms with van der Waals surface area (Å²) in [4.78, 5) is 21.2. The normalized spacial score (nSPS) is 15.2. The number of hydrogen-bond acceptors (Lipinski definition) is 4. The molecule has 1 aliphatic rings. The fourth-order valence-corrected chi connectivity index (χ4v) is 4.22. The molecule has 2 aromatic carbocycles. The van der Waals surface area contributed by atoms with Crippen molar-refractivity contribution < 1.29 is 24.1 Å². The first-order valence-electron chi connectivity index (χ1n) is 10.4. The van der Waals surface area contributed by atoms with E-state index in [9.17, 15) is 9.90 Å². The van der Waals surface area contributed by atoms with Crippen molar-refractivity contribution in [2.75, 3.05) is 26.3 Å². The number of phenolic OH excluding ortho intramolecular Hbond substituents is 1. The Labute approximate surface area is 172 Å². The number of para-hydroxylation sites is 2. The van der Waals surface area contributed by atoms with Gasteiger partial charge < -0.3 is 19.2 Å². The molecule has 0 atom stereocenters. The van der Waals surface area contributed by atoms with Crippen LogP contribution in [0.2, 0.25) is 0 Å². The number of quaternary nitrogens is 1. The molecule has 154 valence electrons. The zero-order valence-electron chi connectivity index (χ0n) is 16.9. The van der Waals surface area contributed by atoms with E-state index in [-0.39, 0.29) is 11.2 Å². The lowest BCUT2D eigenvalue weighted by Crippen LogP contribution is -3.12. The number of aromatic nitrogens is 2. The van der Waals surface area contributed by atoms with E-state index in [0.29, 0.717) is 54.1 Å². The number of nitrogens with one attached hydrogen (secondary N) is 3. The number of phenols is 1. The van der Waals surface area contributed by atoms with Gasteiger partial charge in [-0.3, -0.25) is 4.79 Å². The molecule has 30 heavy (non-hydrogen) atoms. The van der Waals surface area contributed by atoms with Gasteiger partial charge in [-0.1, -0.05) is 19.1 Å². The summed E-state index contributed by atoms with van der Waals surface area (Å²) in [6.45, 7) is 5.70. The lowest BCUT2D eigenvalue weighted by Gasteiger charge is -2.24. The minimum absolute atomic E-state index is 0.119. The van der Waals surface area contributed by atoms with Gasteiger partial charge in [-0.15, -0.1) is 0 Å². The summed E-state index contributed by atoms with van der Waals surface area (Å²) in [6.07, 6.45) is 2.12. The number of aromatic amines is 2. The van der Waals surface area contributed by atoms with Crippen molar-refractivity contribution in [1.82, 2.24) is 4.98 Å². The van der Waals surface area contributed by atoms with Crippen molar-refractivity contribution in [1.29, 1.82) is 0 Å². The molecule has 2 aromatic heterocycles. The lowest BCUT2D eigenvalue weighted by molar-refractivity contribution is -0.921. The number of ether oxygens (including phenoxy) is 1.